The minimum Gasteiger partial charge on any atom is -0.352 e. The number of hydrogen-bond acceptors (Lipinski definition) is 2. The van der Waals surface area contributed by atoms with Gasteiger partial charge < -0.3 is 5.32 Å². The lowest BCUT2D eigenvalue weighted by atomic mass is 9.95. The van der Waals surface area contributed by atoms with Crippen LogP contribution in [-0.4, -0.2) is 18.2 Å². The van der Waals surface area contributed by atoms with E-state index in [2.05, 4.69) is 5.32 Å². The van der Waals surface area contributed by atoms with E-state index in [1.807, 2.05) is 12.1 Å². The first-order valence-electron chi connectivity index (χ1n) is 5.71. The second-order valence-corrected chi connectivity index (χ2v) is 4.52. The Morgan fingerprint density at radius 3 is 2.88 bits per heavy atom. The number of ketones is 1. The fraction of sp³-hybridized carbons (Fsp3) is 0.385. The third kappa shape index (κ3) is 1.52. The summed E-state index contributed by atoms with van der Waals surface area (Å²) in [4.78, 5) is 23.5. The number of nitrogens with one attached hydrogen (secondary N) is 1. The summed E-state index contributed by atoms with van der Waals surface area (Å²) in [6.45, 7) is 0.696. The number of benzene rings is 1. The van der Waals surface area contributed by atoms with Crippen molar-refractivity contribution >= 4 is 11.7 Å². The second-order valence-electron chi connectivity index (χ2n) is 4.52. The predicted octanol–water partition coefficient (Wildman–Crippen LogP) is 1.57. The van der Waals surface area contributed by atoms with E-state index < -0.39 is 0 Å². The molecule has 3 nitrogen and oxygen atoms in total. The Hall–Kier alpha value is -1.64. The van der Waals surface area contributed by atoms with Crippen LogP contribution in [0.2, 0.25) is 0 Å². The molecule has 16 heavy (non-hydrogen) atoms. The van der Waals surface area contributed by atoms with E-state index >= 15 is 0 Å². The highest BCUT2D eigenvalue weighted by Crippen LogP contribution is 2.33. The van der Waals surface area contributed by atoms with Crippen LogP contribution in [0.15, 0.2) is 18.2 Å². The summed E-state index contributed by atoms with van der Waals surface area (Å²) in [5, 5.41) is 2.80. The van der Waals surface area contributed by atoms with Crippen molar-refractivity contribution in [1.82, 2.24) is 5.32 Å². The Labute approximate surface area is 93.8 Å². The second kappa shape index (κ2) is 3.44. The molecular formula is C13H13NO2. The number of amides is 1. The van der Waals surface area contributed by atoms with E-state index in [-0.39, 0.29) is 17.6 Å². The molecule has 0 spiro atoms. The molecule has 3 heteroatoms. The SMILES string of the molecule is O=C1NCCc2ccc(C(=O)C3CC3)cc21. The third-order valence-corrected chi connectivity index (χ3v) is 3.27. The smallest absolute Gasteiger partial charge is 0.251 e. The standard InChI is InChI=1S/C13H13NO2/c15-12(9-2-3-9)10-4-1-8-5-6-14-13(16)11(8)7-10/h1,4,7,9H,2-3,5-6H2,(H,14,16). The van der Waals surface area contributed by atoms with Gasteiger partial charge in [-0.25, -0.2) is 0 Å². The van der Waals surface area contributed by atoms with Gasteiger partial charge in [0.2, 0.25) is 0 Å². The zero-order chi connectivity index (χ0) is 11.1. The molecule has 0 aromatic heterocycles. The molecule has 1 aliphatic heterocycles. The Balaban J connectivity index is 1.99. The van der Waals surface area contributed by atoms with E-state index in [1.54, 1.807) is 6.07 Å². The van der Waals surface area contributed by atoms with Crippen molar-refractivity contribution in [3.8, 4) is 0 Å². The van der Waals surface area contributed by atoms with Gasteiger partial charge in [0.05, 0.1) is 0 Å². The van der Waals surface area contributed by atoms with Crippen LogP contribution in [0.4, 0.5) is 0 Å². The highest BCUT2D eigenvalue weighted by atomic mass is 16.1. The van der Waals surface area contributed by atoms with Gasteiger partial charge >= 0.3 is 0 Å². The maximum Gasteiger partial charge on any atom is 0.251 e. The molecule has 0 atom stereocenters. The van der Waals surface area contributed by atoms with Gasteiger partial charge in [0.25, 0.3) is 5.91 Å². The molecule has 1 fully saturated rings. The zero-order valence-electron chi connectivity index (χ0n) is 8.95. The minimum absolute atomic E-state index is 0.0494. The number of hydrogen-bond donors (Lipinski definition) is 1. The minimum atomic E-state index is -0.0494. The van der Waals surface area contributed by atoms with Gasteiger partial charge in [-0.2, -0.15) is 0 Å². The highest BCUT2D eigenvalue weighted by molar-refractivity contribution is 6.03. The number of carbonyl (C=O) groups excluding carboxylic acids is 2. The van der Waals surface area contributed by atoms with Gasteiger partial charge in [-0.1, -0.05) is 12.1 Å². The van der Waals surface area contributed by atoms with Crippen molar-refractivity contribution in [2.24, 2.45) is 5.92 Å². The molecule has 0 bridgehead atoms. The highest BCUT2D eigenvalue weighted by Gasteiger charge is 2.31. The summed E-state index contributed by atoms with van der Waals surface area (Å²) in [6, 6.07) is 5.53. The maximum absolute atomic E-state index is 11.9. The summed E-state index contributed by atoms with van der Waals surface area (Å²) < 4.78 is 0. The van der Waals surface area contributed by atoms with E-state index in [9.17, 15) is 9.59 Å². The molecule has 1 heterocycles. The molecule has 0 saturated heterocycles. The monoisotopic (exact) mass is 215 g/mol. The van der Waals surface area contributed by atoms with Crippen molar-refractivity contribution in [3.63, 3.8) is 0 Å². The Morgan fingerprint density at radius 2 is 2.12 bits per heavy atom. The summed E-state index contributed by atoms with van der Waals surface area (Å²) in [5.41, 5.74) is 2.42. The first-order chi connectivity index (χ1) is 7.75. The Kier molecular flexibility index (Phi) is 2.06. The topological polar surface area (TPSA) is 46.2 Å². The summed E-state index contributed by atoms with van der Waals surface area (Å²) in [6.07, 6.45) is 2.86. The molecule has 1 aromatic carbocycles. The van der Waals surface area contributed by atoms with Crippen molar-refractivity contribution in [2.75, 3.05) is 6.54 Å². The lowest BCUT2D eigenvalue weighted by Gasteiger charge is -2.16. The quantitative estimate of drug-likeness (QED) is 0.761. The largest absolute Gasteiger partial charge is 0.352 e. The fourth-order valence-electron chi connectivity index (χ4n) is 2.15. The first-order valence-corrected chi connectivity index (χ1v) is 5.71. The van der Waals surface area contributed by atoms with Crippen LogP contribution in [0.5, 0.6) is 0 Å². The van der Waals surface area contributed by atoms with E-state index in [1.165, 1.54) is 0 Å². The molecule has 82 valence electrons. The number of carbonyl (C=O) groups is 2. The molecule has 0 radical (unpaired) electrons. The van der Waals surface area contributed by atoms with Crippen molar-refractivity contribution < 1.29 is 9.59 Å². The molecule has 1 aromatic rings. The Morgan fingerprint density at radius 1 is 1.31 bits per heavy atom. The number of Topliss-reactive ketones (excluding diaryl/α,β-unsaturated/α-hetero) is 1. The lowest BCUT2D eigenvalue weighted by Crippen LogP contribution is -2.32. The molecule has 1 N–H and O–H groups in total. The van der Waals surface area contributed by atoms with Gasteiger partial charge in [0.1, 0.15) is 0 Å². The maximum atomic E-state index is 11.9. The van der Waals surface area contributed by atoms with Crippen molar-refractivity contribution in [2.45, 2.75) is 19.3 Å². The van der Waals surface area contributed by atoms with E-state index in [0.717, 1.165) is 24.8 Å². The molecule has 0 unspecified atom stereocenters. The van der Waals surface area contributed by atoms with Crippen LogP contribution in [-0.2, 0) is 6.42 Å². The first kappa shape index (κ1) is 9.58. The van der Waals surface area contributed by atoms with Crippen LogP contribution >= 0.6 is 0 Å². The van der Waals surface area contributed by atoms with Gasteiger partial charge in [0.15, 0.2) is 5.78 Å². The van der Waals surface area contributed by atoms with Gasteiger partial charge in [-0.15, -0.1) is 0 Å². The zero-order valence-corrected chi connectivity index (χ0v) is 8.95. The fourth-order valence-corrected chi connectivity index (χ4v) is 2.15. The van der Waals surface area contributed by atoms with Gasteiger partial charge in [0, 0.05) is 23.6 Å². The lowest BCUT2D eigenvalue weighted by molar-refractivity contribution is 0.0946. The number of rotatable bonds is 2. The summed E-state index contributed by atoms with van der Waals surface area (Å²) >= 11 is 0. The van der Waals surface area contributed by atoms with E-state index in [0.29, 0.717) is 17.7 Å². The van der Waals surface area contributed by atoms with Crippen LogP contribution in [0, 0.1) is 5.92 Å². The Bertz CT molecular complexity index is 475. The molecule has 3 rings (SSSR count). The molecule has 1 amide bonds. The van der Waals surface area contributed by atoms with E-state index in [4.69, 9.17) is 0 Å². The number of fused-ring (bicyclic) bond motifs is 1. The van der Waals surface area contributed by atoms with Crippen LogP contribution < -0.4 is 5.32 Å². The molecule has 1 saturated carbocycles. The molecule has 2 aliphatic rings. The van der Waals surface area contributed by atoms with Crippen molar-refractivity contribution in [1.29, 1.82) is 0 Å². The van der Waals surface area contributed by atoms with Crippen LogP contribution in [0.25, 0.3) is 0 Å². The summed E-state index contributed by atoms with van der Waals surface area (Å²) in [5.74, 6) is 0.359. The average Bonchev–Trinajstić information content (AvgIpc) is 3.12. The molecule has 1 aliphatic carbocycles. The predicted molar refractivity (Wildman–Crippen MR) is 59.5 cm³/mol. The van der Waals surface area contributed by atoms with Crippen molar-refractivity contribution in [3.05, 3.63) is 34.9 Å². The summed E-state index contributed by atoms with van der Waals surface area (Å²) in [7, 11) is 0. The van der Waals surface area contributed by atoms with Gasteiger partial charge in [-0.05, 0) is 30.9 Å². The van der Waals surface area contributed by atoms with Crippen LogP contribution in [0.3, 0.4) is 0 Å². The normalized spacial score (nSPS) is 18.9. The molecular weight excluding hydrogens is 202 g/mol. The average molecular weight is 215 g/mol. The van der Waals surface area contributed by atoms with Crippen LogP contribution in [0.1, 0.15) is 39.1 Å². The third-order valence-electron chi connectivity index (χ3n) is 3.27. The van der Waals surface area contributed by atoms with Gasteiger partial charge in [-0.3, -0.25) is 9.59 Å².